The Morgan fingerprint density at radius 1 is 1.11 bits per heavy atom. The van der Waals surface area contributed by atoms with E-state index in [9.17, 15) is 4.79 Å². The first-order chi connectivity index (χ1) is 13.6. The van der Waals surface area contributed by atoms with Gasteiger partial charge >= 0.3 is 0 Å². The summed E-state index contributed by atoms with van der Waals surface area (Å²) in [5.74, 6) is 0.832. The van der Waals surface area contributed by atoms with Crippen LogP contribution < -0.4 is 10.1 Å². The Labute approximate surface area is 173 Å². The summed E-state index contributed by atoms with van der Waals surface area (Å²) in [5, 5.41) is 12.1. The molecule has 7 heteroatoms. The molecule has 0 bridgehead atoms. The van der Waals surface area contributed by atoms with Crippen LogP contribution >= 0.6 is 23.1 Å². The molecule has 0 amide bonds. The van der Waals surface area contributed by atoms with E-state index in [4.69, 9.17) is 4.74 Å². The Kier molecular flexibility index (Phi) is 7.06. The predicted octanol–water partition coefficient (Wildman–Crippen LogP) is 5.61. The first kappa shape index (κ1) is 20.4. The third-order valence-corrected chi connectivity index (χ3v) is 6.14. The number of nitrogens with one attached hydrogen (secondary N) is 1. The molecule has 0 spiro atoms. The maximum Gasteiger partial charge on any atom is 0.210 e. The van der Waals surface area contributed by atoms with Crippen molar-refractivity contribution in [3.8, 4) is 5.75 Å². The summed E-state index contributed by atoms with van der Waals surface area (Å²) in [5.41, 5.74) is 2.94. The van der Waals surface area contributed by atoms with Crippen molar-refractivity contribution in [3.05, 3.63) is 59.7 Å². The van der Waals surface area contributed by atoms with Gasteiger partial charge in [-0.15, -0.1) is 10.2 Å². The number of anilines is 2. The normalized spacial score (nSPS) is 11.8. The average Bonchev–Trinajstić information content (AvgIpc) is 3.15. The highest BCUT2D eigenvalue weighted by molar-refractivity contribution is 8.02. The Bertz CT molecular complexity index is 908. The van der Waals surface area contributed by atoms with Crippen LogP contribution in [-0.4, -0.2) is 27.8 Å². The summed E-state index contributed by atoms with van der Waals surface area (Å²) < 4.78 is 6.18. The molecule has 1 heterocycles. The fourth-order valence-electron chi connectivity index (χ4n) is 2.58. The summed E-state index contributed by atoms with van der Waals surface area (Å²) in [4.78, 5) is 12.7. The van der Waals surface area contributed by atoms with Gasteiger partial charge in [0.25, 0.3) is 0 Å². The van der Waals surface area contributed by atoms with Gasteiger partial charge in [-0.05, 0) is 62.2 Å². The molecule has 28 heavy (non-hydrogen) atoms. The topological polar surface area (TPSA) is 64.1 Å². The minimum Gasteiger partial charge on any atom is -0.494 e. The van der Waals surface area contributed by atoms with Crippen LogP contribution in [0.2, 0.25) is 0 Å². The lowest BCUT2D eigenvalue weighted by Crippen LogP contribution is -2.13. The highest BCUT2D eigenvalue weighted by atomic mass is 32.2. The van der Waals surface area contributed by atoms with E-state index < -0.39 is 0 Å². The number of aryl methyl sites for hydroxylation is 1. The number of carbonyl (C=O) groups excluding carboxylic acids is 1. The molecule has 0 aliphatic heterocycles. The van der Waals surface area contributed by atoms with Crippen molar-refractivity contribution < 1.29 is 9.53 Å². The quantitative estimate of drug-likeness (QED) is 0.363. The maximum atomic E-state index is 12.7. The number of benzene rings is 2. The fourth-order valence-corrected chi connectivity index (χ4v) is 4.57. The number of thioether (sulfide) groups is 1. The van der Waals surface area contributed by atoms with Crippen molar-refractivity contribution in [2.24, 2.45) is 0 Å². The number of hydrogen-bond donors (Lipinski definition) is 1. The third kappa shape index (κ3) is 5.33. The van der Waals surface area contributed by atoms with Gasteiger partial charge in [0.05, 0.1) is 11.9 Å². The van der Waals surface area contributed by atoms with Crippen LogP contribution in [0.4, 0.5) is 10.8 Å². The predicted molar refractivity (Wildman–Crippen MR) is 116 cm³/mol. The third-order valence-electron chi connectivity index (χ3n) is 4.12. The molecule has 3 rings (SSSR count). The van der Waals surface area contributed by atoms with Gasteiger partial charge in [-0.2, -0.15) is 0 Å². The van der Waals surface area contributed by atoms with Gasteiger partial charge in [0.15, 0.2) is 10.1 Å². The Morgan fingerprint density at radius 3 is 2.46 bits per heavy atom. The zero-order valence-corrected chi connectivity index (χ0v) is 17.8. The maximum absolute atomic E-state index is 12.7. The van der Waals surface area contributed by atoms with E-state index in [2.05, 4.69) is 34.6 Å². The molecule has 2 aromatic carbocycles. The molecule has 1 atom stereocenters. The molecular formula is C21H23N3O2S2. The van der Waals surface area contributed by atoms with Crippen LogP contribution in [0.5, 0.6) is 5.75 Å². The lowest BCUT2D eigenvalue weighted by Gasteiger charge is -2.09. The number of aromatic nitrogens is 2. The highest BCUT2D eigenvalue weighted by Gasteiger charge is 2.19. The van der Waals surface area contributed by atoms with Crippen molar-refractivity contribution in [2.75, 3.05) is 11.9 Å². The molecular weight excluding hydrogens is 390 g/mol. The van der Waals surface area contributed by atoms with Crippen LogP contribution in [-0.2, 0) is 6.42 Å². The summed E-state index contributed by atoms with van der Waals surface area (Å²) in [7, 11) is 0. The minimum absolute atomic E-state index is 0.0629. The largest absolute Gasteiger partial charge is 0.494 e. The number of hydrogen-bond acceptors (Lipinski definition) is 7. The molecule has 1 aromatic heterocycles. The molecule has 0 saturated carbocycles. The number of rotatable bonds is 9. The monoisotopic (exact) mass is 413 g/mol. The SMILES string of the molecule is CCOc1ccc(C(=O)[C@@H](C)Sc2nnc(Nc3ccc(CC)cc3)s2)cc1. The summed E-state index contributed by atoms with van der Waals surface area (Å²) >= 11 is 2.87. The smallest absolute Gasteiger partial charge is 0.210 e. The molecule has 0 saturated heterocycles. The number of ether oxygens (including phenoxy) is 1. The summed E-state index contributed by atoms with van der Waals surface area (Å²) in [6.45, 7) is 6.56. The van der Waals surface area contributed by atoms with Crippen molar-refractivity contribution in [2.45, 2.75) is 36.8 Å². The first-order valence-electron chi connectivity index (χ1n) is 9.22. The Hall–Kier alpha value is -2.38. The van der Waals surface area contributed by atoms with E-state index in [1.807, 2.05) is 38.1 Å². The van der Waals surface area contributed by atoms with Gasteiger partial charge in [0, 0.05) is 11.3 Å². The van der Waals surface area contributed by atoms with E-state index in [1.54, 1.807) is 12.1 Å². The molecule has 0 aliphatic carbocycles. The van der Waals surface area contributed by atoms with Crippen LogP contribution in [0.3, 0.4) is 0 Å². The molecule has 0 radical (unpaired) electrons. The van der Waals surface area contributed by atoms with Crippen molar-refractivity contribution in [1.82, 2.24) is 10.2 Å². The van der Waals surface area contributed by atoms with Crippen molar-refractivity contribution in [1.29, 1.82) is 0 Å². The molecule has 0 unspecified atom stereocenters. The molecule has 0 aliphatic rings. The molecule has 0 fully saturated rings. The fraction of sp³-hybridized carbons (Fsp3) is 0.286. The molecule has 146 valence electrons. The van der Waals surface area contributed by atoms with Crippen molar-refractivity contribution >= 4 is 39.7 Å². The van der Waals surface area contributed by atoms with E-state index in [1.165, 1.54) is 28.7 Å². The van der Waals surface area contributed by atoms with Gasteiger partial charge in [-0.3, -0.25) is 4.79 Å². The minimum atomic E-state index is -0.248. The van der Waals surface area contributed by atoms with E-state index in [0.29, 0.717) is 17.3 Å². The number of nitrogens with zero attached hydrogens (tertiary/aromatic N) is 2. The van der Waals surface area contributed by atoms with Crippen molar-refractivity contribution in [3.63, 3.8) is 0 Å². The van der Waals surface area contributed by atoms with Crippen LogP contribution in [0.25, 0.3) is 0 Å². The lowest BCUT2D eigenvalue weighted by molar-refractivity contribution is 0.0994. The molecule has 5 nitrogen and oxygen atoms in total. The van der Waals surface area contributed by atoms with Crippen LogP contribution in [0, 0.1) is 0 Å². The van der Waals surface area contributed by atoms with Gasteiger partial charge in [0.2, 0.25) is 5.13 Å². The standard InChI is InChI=1S/C21H23N3O2S2/c1-4-15-6-10-17(11-7-15)22-20-23-24-21(28-20)27-14(3)19(25)16-8-12-18(13-9-16)26-5-2/h6-14H,4-5H2,1-3H3,(H,22,23)/t14-/m1/s1. The second kappa shape index (κ2) is 9.71. The van der Waals surface area contributed by atoms with E-state index >= 15 is 0 Å². The lowest BCUT2D eigenvalue weighted by atomic mass is 10.1. The number of carbonyl (C=O) groups is 1. The van der Waals surface area contributed by atoms with Gasteiger partial charge in [-0.25, -0.2) is 0 Å². The van der Waals surface area contributed by atoms with E-state index in [0.717, 1.165) is 22.2 Å². The summed E-state index contributed by atoms with van der Waals surface area (Å²) in [6.07, 6.45) is 1.01. The first-order valence-corrected chi connectivity index (χ1v) is 10.9. The number of Topliss-reactive ketones (excluding diaryl/α,β-unsaturated/α-hetero) is 1. The Morgan fingerprint density at radius 2 is 1.82 bits per heavy atom. The average molecular weight is 414 g/mol. The number of ketones is 1. The van der Waals surface area contributed by atoms with Crippen LogP contribution in [0.15, 0.2) is 52.9 Å². The molecule has 3 aromatic rings. The Balaban J connectivity index is 1.59. The summed E-state index contributed by atoms with van der Waals surface area (Å²) in [6, 6.07) is 15.5. The second-order valence-corrected chi connectivity index (χ2v) is 8.70. The second-order valence-electron chi connectivity index (χ2n) is 6.13. The van der Waals surface area contributed by atoms with Gasteiger partial charge in [0.1, 0.15) is 5.75 Å². The van der Waals surface area contributed by atoms with Gasteiger partial charge in [-0.1, -0.05) is 42.2 Å². The van der Waals surface area contributed by atoms with Crippen LogP contribution in [0.1, 0.15) is 36.7 Å². The van der Waals surface area contributed by atoms with Gasteiger partial charge < -0.3 is 10.1 Å². The zero-order valence-electron chi connectivity index (χ0n) is 16.1. The zero-order chi connectivity index (χ0) is 19.9. The van der Waals surface area contributed by atoms with E-state index in [-0.39, 0.29) is 11.0 Å². The highest BCUT2D eigenvalue weighted by Crippen LogP contribution is 2.32. The molecule has 1 N–H and O–H groups in total.